The van der Waals surface area contributed by atoms with Crippen LogP contribution in [-0.2, 0) is 22.6 Å². The van der Waals surface area contributed by atoms with Crippen LogP contribution in [0.2, 0.25) is 0 Å². The molecule has 0 aliphatic heterocycles. The average molecular weight is 397 g/mol. The molecule has 2 aromatic rings. The normalized spacial score (nSPS) is 18.8. The van der Waals surface area contributed by atoms with Crippen LogP contribution in [-0.4, -0.2) is 30.3 Å². The van der Waals surface area contributed by atoms with Crippen LogP contribution in [0.5, 0.6) is 0 Å². The quantitative estimate of drug-likeness (QED) is 0.770. The topological polar surface area (TPSA) is 49.4 Å². The van der Waals surface area contributed by atoms with E-state index in [9.17, 15) is 14.0 Å². The van der Waals surface area contributed by atoms with E-state index < -0.39 is 0 Å². The Morgan fingerprint density at radius 2 is 1.59 bits per heavy atom. The monoisotopic (exact) mass is 396 g/mol. The van der Waals surface area contributed by atoms with Gasteiger partial charge in [0.1, 0.15) is 5.82 Å². The Bertz CT molecular complexity index is 817. The molecule has 5 heteroatoms. The van der Waals surface area contributed by atoms with E-state index in [0.717, 1.165) is 31.2 Å². The highest BCUT2D eigenvalue weighted by Gasteiger charge is 2.31. The zero-order valence-electron chi connectivity index (χ0n) is 16.9. The second-order valence-electron chi connectivity index (χ2n) is 7.86. The van der Waals surface area contributed by atoms with Crippen molar-refractivity contribution in [3.05, 3.63) is 71.5 Å². The highest BCUT2D eigenvalue weighted by atomic mass is 19.1. The van der Waals surface area contributed by atoms with E-state index in [1.54, 1.807) is 23.1 Å². The van der Waals surface area contributed by atoms with Crippen LogP contribution in [0.15, 0.2) is 54.6 Å². The van der Waals surface area contributed by atoms with Gasteiger partial charge in [0, 0.05) is 32.0 Å². The summed E-state index contributed by atoms with van der Waals surface area (Å²) in [7, 11) is 1.84. The fourth-order valence-corrected chi connectivity index (χ4v) is 4.02. The number of nitrogens with one attached hydrogen (secondary N) is 1. The summed E-state index contributed by atoms with van der Waals surface area (Å²) in [4.78, 5) is 26.9. The predicted molar refractivity (Wildman–Crippen MR) is 111 cm³/mol. The first kappa shape index (κ1) is 21.0. The van der Waals surface area contributed by atoms with Crippen molar-refractivity contribution in [2.24, 2.45) is 11.8 Å². The third-order valence-electron chi connectivity index (χ3n) is 5.74. The summed E-state index contributed by atoms with van der Waals surface area (Å²) in [5, 5.41) is 2.93. The van der Waals surface area contributed by atoms with Gasteiger partial charge in [0.2, 0.25) is 11.8 Å². The summed E-state index contributed by atoms with van der Waals surface area (Å²) in [6.07, 6.45) is 3.41. The molecule has 1 aliphatic rings. The number of nitrogens with zero attached hydrogens (tertiary/aromatic N) is 1. The molecule has 154 valence electrons. The van der Waals surface area contributed by atoms with Crippen LogP contribution < -0.4 is 5.32 Å². The van der Waals surface area contributed by atoms with Crippen molar-refractivity contribution in [3.8, 4) is 0 Å². The third-order valence-corrected chi connectivity index (χ3v) is 5.74. The van der Waals surface area contributed by atoms with Crippen molar-refractivity contribution in [2.45, 2.75) is 38.6 Å². The van der Waals surface area contributed by atoms with Gasteiger partial charge in [-0.3, -0.25) is 9.59 Å². The van der Waals surface area contributed by atoms with E-state index in [0.29, 0.717) is 25.1 Å². The maximum absolute atomic E-state index is 13.6. The van der Waals surface area contributed by atoms with Crippen molar-refractivity contribution in [1.82, 2.24) is 10.2 Å². The molecule has 1 saturated carbocycles. The number of benzene rings is 2. The second kappa shape index (κ2) is 10.2. The summed E-state index contributed by atoms with van der Waals surface area (Å²) in [5.74, 6) is -0.122. The third kappa shape index (κ3) is 5.89. The minimum absolute atomic E-state index is 0.00817. The number of hydrogen-bond acceptors (Lipinski definition) is 2. The molecule has 29 heavy (non-hydrogen) atoms. The summed E-state index contributed by atoms with van der Waals surface area (Å²) >= 11 is 0. The molecule has 1 fully saturated rings. The highest BCUT2D eigenvalue weighted by molar-refractivity contribution is 5.81. The number of amides is 2. The lowest BCUT2D eigenvalue weighted by molar-refractivity contribution is -0.137. The molecule has 0 aromatic heterocycles. The zero-order chi connectivity index (χ0) is 20.6. The summed E-state index contributed by atoms with van der Waals surface area (Å²) in [6.45, 7) is 1.04. The van der Waals surface area contributed by atoms with Gasteiger partial charge < -0.3 is 10.2 Å². The van der Waals surface area contributed by atoms with E-state index in [1.807, 2.05) is 37.4 Å². The predicted octanol–water partition coefficient (Wildman–Crippen LogP) is 3.95. The first-order chi connectivity index (χ1) is 14.0. The van der Waals surface area contributed by atoms with Gasteiger partial charge in [-0.05, 0) is 49.3 Å². The summed E-state index contributed by atoms with van der Waals surface area (Å²) in [5.41, 5.74) is 1.73. The molecule has 4 nitrogen and oxygen atoms in total. The molecule has 0 atom stereocenters. The van der Waals surface area contributed by atoms with Gasteiger partial charge in [-0.15, -0.1) is 0 Å². The molecule has 0 bridgehead atoms. The lowest BCUT2D eigenvalue weighted by Crippen LogP contribution is -2.38. The van der Waals surface area contributed by atoms with Crippen molar-refractivity contribution in [3.63, 3.8) is 0 Å². The van der Waals surface area contributed by atoms with E-state index in [4.69, 9.17) is 0 Å². The Kier molecular flexibility index (Phi) is 7.39. The Balaban J connectivity index is 1.40. The standard InChI is InChI=1S/C24H29FN2O2/c1-27(17-18-7-3-2-4-8-18)24(29)21-13-11-20(12-14-21)23(28)26-16-15-19-9-5-6-10-22(19)25/h2-10,20-21H,11-17H2,1H3,(H,26,28). The molecule has 0 heterocycles. The SMILES string of the molecule is CN(Cc1ccccc1)C(=O)C1CCC(C(=O)NCCc2ccccc2F)CC1. The number of hydrogen-bond donors (Lipinski definition) is 1. The van der Waals surface area contributed by atoms with Gasteiger partial charge in [-0.2, -0.15) is 0 Å². The molecule has 1 aliphatic carbocycles. The molecule has 0 unspecified atom stereocenters. The number of carbonyl (C=O) groups is 2. The van der Waals surface area contributed by atoms with Crippen LogP contribution >= 0.6 is 0 Å². The first-order valence-corrected chi connectivity index (χ1v) is 10.3. The van der Waals surface area contributed by atoms with E-state index in [1.165, 1.54) is 6.07 Å². The number of carbonyl (C=O) groups excluding carboxylic acids is 2. The molecule has 2 amide bonds. The maximum atomic E-state index is 13.6. The largest absolute Gasteiger partial charge is 0.356 e. The van der Waals surface area contributed by atoms with Gasteiger partial charge in [-0.25, -0.2) is 4.39 Å². The highest BCUT2D eigenvalue weighted by Crippen LogP contribution is 2.30. The minimum Gasteiger partial charge on any atom is -0.356 e. The molecule has 2 aromatic carbocycles. The summed E-state index contributed by atoms with van der Waals surface area (Å²) in [6, 6.07) is 16.6. The van der Waals surface area contributed by atoms with Crippen LogP contribution in [0, 0.1) is 17.7 Å². The number of halogens is 1. The number of rotatable bonds is 7. The van der Waals surface area contributed by atoms with Crippen molar-refractivity contribution < 1.29 is 14.0 Å². The smallest absolute Gasteiger partial charge is 0.225 e. The second-order valence-corrected chi connectivity index (χ2v) is 7.86. The molecule has 1 N–H and O–H groups in total. The zero-order valence-corrected chi connectivity index (χ0v) is 16.9. The van der Waals surface area contributed by atoms with Gasteiger partial charge in [0.05, 0.1) is 0 Å². The fourth-order valence-electron chi connectivity index (χ4n) is 4.02. The van der Waals surface area contributed by atoms with Crippen molar-refractivity contribution in [2.75, 3.05) is 13.6 Å². The molecular weight excluding hydrogens is 367 g/mol. The van der Waals surface area contributed by atoms with Crippen molar-refractivity contribution in [1.29, 1.82) is 0 Å². The maximum Gasteiger partial charge on any atom is 0.225 e. The van der Waals surface area contributed by atoms with E-state index in [2.05, 4.69) is 5.32 Å². The lowest BCUT2D eigenvalue weighted by Gasteiger charge is -2.30. The van der Waals surface area contributed by atoms with Gasteiger partial charge in [0.15, 0.2) is 0 Å². The van der Waals surface area contributed by atoms with Crippen LogP contribution in [0.1, 0.15) is 36.8 Å². The first-order valence-electron chi connectivity index (χ1n) is 10.3. The molecule has 0 saturated heterocycles. The van der Waals surface area contributed by atoms with Crippen LogP contribution in [0.3, 0.4) is 0 Å². The summed E-state index contributed by atoms with van der Waals surface area (Å²) < 4.78 is 13.6. The molecule has 0 spiro atoms. The van der Waals surface area contributed by atoms with Gasteiger partial charge in [-0.1, -0.05) is 48.5 Å². The van der Waals surface area contributed by atoms with Crippen LogP contribution in [0.4, 0.5) is 4.39 Å². The van der Waals surface area contributed by atoms with Crippen molar-refractivity contribution >= 4 is 11.8 Å². The van der Waals surface area contributed by atoms with E-state index in [-0.39, 0.29) is 29.5 Å². The Hall–Kier alpha value is -2.69. The molecule has 3 rings (SSSR count). The Morgan fingerprint density at radius 3 is 2.28 bits per heavy atom. The van der Waals surface area contributed by atoms with E-state index >= 15 is 0 Å². The van der Waals surface area contributed by atoms with Gasteiger partial charge in [0.25, 0.3) is 0 Å². The van der Waals surface area contributed by atoms with Gasteiger partial charge >= 0.3 is 0 Å². The molecule has 0 radical (unpaired) electrons. The Morgan fingerprint density at radius 1 is 0.966 bits per heavy atom. The Labute approximate surface area is 172 Å². The lowest BCUT2D eigenvalue weighted by atomic mass is 9.81. The molecular formula is C24H29FN2O2. The fraction of sp³-hybridized carbons (Fsp3) is 0.417. The van der Waals surface area contributed by atoms with Crippen LogP contribution in [0.25, 0.3) is 0 Å². The minimum atomic E-state index is -0.236. The average Bonchev–Trinajstić information content (AvgIpc) is 2.75.